The van der Waals surface area contributed by atoms with Gasteiger partial charge in [-0.2, -0.15) is 0 Å². The normalized spacial score (nSPS) is 13.6. The highest BCUT2D eigenvalue weighted by Gasteiger charge is 2.29. The summed E-state index contributed by atoms with van der Waals surface area (Å²) in [4.78, 5) is 27.1. The standard InChI is InChI=1S/C23H22ClN3O3/c1-15-8-9-17(24)13-18(15)26-23(29)22(28)25-14-20(21-7-4-12-30-21)27-11-10-16-5-2-3-6-19(16)27/h2-9,12-13,20H,10-11,14H2,1H3,(H,25,28)(H,26,29). The van der Waals surface area contributed by atoms with Gasteiger partial charge >= 0.3 is 11.8 Å². The summed E-state index contributed by atoms with van der Waals surface area (Å²) < 4.78 is 5.63. The predicted octanol–water partition coefficient (Wildman–Crippen LogP) is 4.10. The molecule has 2 N–H and O–H groups in total. The smallest absolute Gasteiger partial charge is 0.313 e. The van der Waals surface area contributed by atoms with E-state index in [1.54, 1.807) is 24.5 Å². The highest BCUT2D eigenvalue weighted by Crippen LogP contribution is 2.34. The van der Waals surface area contributed by atoms with Crippen LogP contribution in [-0.4, -0.2) is 24.9 Å². The van der Waals surface area contributed by atoms with Crippen LogP contribution in [0.3, 0.4) is 0 Å². The monoisotopic (exact) mass is 423 g/mol. The molecule has 1 unspecified atom stereocenters. The van der Waals surface area contributed by atoms with E-state index in [-0.39, 0.29) is 12.6 Å². The topological polar surface area (TPSA) is 74.6 Å². The third kappa shape index (κ3) is 4.19. The van der Waals surface area contributed by atoms with Crippen LogP contribution in [0, 0.1) is 6.92 Å². The van der Waals surface area contributed by atoms with Crippen LogP contribution in [-0.2, 0) is 16.0 Å². The fraction of sp³-hybridized carbons (Fsp3) is 0.217. The van der Waals surface area contributed by atoms with Crippen LogP contribution in [0.4, 0.5) is 11.4 Å². The summed E-state index contributed by atoms with van der Waals surface area (Å²) in [6.45, 7) is 2.89. The fourth-order valence-electron chi connectivity index (χ4n) is 3.71. The summed E-state index contributed by atoms with van der Waals surface area (Å²) in [6, 6.07) is 16.8. The van der Waals surface area contributed by atoms with Gasteiger partial charge in [-0.05, 0) is 54.8 Å². The molecule has 2 aromatic carbocycles. The Morgan fingerprint density at radius 3 is 2.77 bits per heavy atom. The van der Waals surface area contributed by atoms with Gasteiger partial charge in [0.05, 0.1) is 6.26 Å². The van der Waals surface area contributed by atoms with Crippen LogP contribution >= 0.6 is 11.6 Å². The number of hydrogen-bond donors (Lipinski definition) is 2. The van der Waals surface area contributed by atoms with Crippen LogP contribution in [0.5, 0.6) is 0 Å². The van der Waals surface area contributed by atoms with Crippen LogP contribution in [0.1, 0.15) is 22.9 Å². The molecule has 0 saturated carbocycles. The number of carbonyl (C=O) groups excluding carboxylic acids is 2. The second-order valence-corrected chi connectivity index (χ2v) is 7.66. The molecule has 6 nitrogen and oxygen atoms in total. The first-order chi connectivity index (χ1) is 14.5. The molecular weight excluding hydrogens is 402 g/mol. The summed E-state index contributed by atoms with van der Waals surface area (Å²) in [5, 5.41) is 5.86. The van der Waals surface area contributed by atoms with Gasteiger partial charge in [0.1, 0.15) is 11.8 Å². The Hall–Kier alpha value is -3.25. The van der Waals surface area contributed by atoms with Gasteiger partial charge in [-0.3, -0.25) is 9.59 Å². The van der Waals surface area contributed by atoms with Gasteiger partial charge in [0.25, 0.3) is 0 Å². The van der Waals surface area contributed by atoms with Crippen molar-refractivity contribution in [1.29, 1.82) is 0 Å². The molecule has 0 spiro atoms. The van der Waals surface area contributed by atoms with E-state index < -0.39 is 11.8 Å². The molecule has 154 valence electrons. The van der Waals surface area contributed by atoms with Crippen molar-refractivity contribution >= 4 is 34.8 Å². The Morgan fingerprint density at radius 2 is 1.97 bits per heavy atom. The number of rotatable bonds is 5. The highest BCUT2D eigenvalue weighted by atomic mass is 35.5. The molecule has 1 atom stereocenters. The third-order valence-electron chi connectivity index (χ3n) is 5.28. The highest BCUT2D eigenvalue weighted by molar-refractivity contribution is 6.40. The van der Waals surface area contributed by atoms with Crippen LogP contribution in [0.2, 0.25) is 5.02 Å². The lowest BCUT2D eigenvalue weighted by Crippen LogP contribution is -2.41. The average molecular weight is 424 g/mol. The van der Waals surface area contributed by atoms with Crippen molar-refractivity contribution in [2.75, 3.05) is 23.3 Å². The summed E-state index contributed by atoms with van der Waals surface area (Å²) in [5.41, 5.74) is 3.71. The quantitative estimate of drug-likeness (QED) is 0.606. The van der Waals surface area contributed by atoms with E-state index in [1.165, 1.54) is 5.56 Å². The van der Waals surface area contributed by atoms with Crippen molar-refractivity contribution in [3.8, 4) is 0 Å². The molecule has 0 aliphatic carbocycles. The molecule has 0 fully saturated rings. The number of benzene rings is 2. The molecule has 2 amide bonds. The maximum Gasteiger partial charge on any atom is 0.313 e. The van der Waals surface area contributed by atoms with Gasteiger partial charge in [-0.15, -0.1) is 0 Å². The zero-order chi connectivity index (χ0) is 21.1. The number of para-hydroxylation sites is 1. The van der Waals surface area contributed by atoms with Gasteiger partial charge in [0.15, 0.2) is 0 Å². The number of nitrogens with one attached hydrogen (secondary N) is 2. The molecule has 1 aromatic heterocycles. The molecule has 30 heavy (non-hydrogen) atoms. The van der Waals surface area contributed by atoms with Crippen LogP contribution in [0.15, 0.2) is 65.3 Å². The largest absolute Gasteiger partial charge is 0.467 e. The maximum atomic E-state index is 12.5. The number of furan rings is 1. The summed E-state index contributed by atoms with van der Waals surface area (Å²) >= 11 is 5.99. The number of fused-ring (bicyclic) bond motifs is 1. The predicted molar refractivity (Wildman–Crippen MR) is 117 cm³/mol. The van der Waals surface area contributed by atoms with E-state index in [2.05, 4.69) is 27.7 Å². The van der Waals surface area contributed by atoms with Crippen LogP contribution in [0.25, 0.3) is 0 Å². The number of hydrogen-bond acceptors (Lipinski definition) is 4. The minimum absolute atomic E-state index is 0.215. The lowest BCUT2D eigenvalue weighted by atomic mass is 10.1. The second-order valence-electron chi connectivity index (χ2n) is 7.23. The van der Waals surface area contributed by atoms with Gasteiger partial charge in [-0.1, -0.05) is 35.9 Å². The Bertz CT molecular complexity index is 1070. The van der Waals surface area contributed by atoms with Crippen LogP contribution < -0.4 is 15.5 Å². The van der Waals surface area contributed by atoms with Crippen molar-refractivity contribution in [3.63, 3.8) is 0 Å². The SMILES string of the molecule is Cc1ccc(Cl)cc1NC(=O)C(=O)NCC(c1ccco1)N1CCc2ccccc21. The fourth-order valence-corrected chi connectivity index (χ4v) is 3.88. The molecule has 1 aliphatic rings. The summed E-state index contributed by atoms with van der Waals surface area (Å²) in [6.07, 6.45) is 2.54. The van der Waals surface area contributed by atoms with E-state index in [0.29, 0.717) is 10.7 Å². The van der Waals surface area contributed by atoms with Gasteiger partial charge < -0.3 is 20.0 Å². The van der Waals surface area contributed by atoms with E-state index in [1.807, 2.05) is 31.2 Å². The first-order valence-electron chi connectivity index (χ1n) is 9.76. The molecule has 0 bridgehead atoms. The molecule has 0 radical (unpaired) electrons. The van der Waals surface area contributed by atoms with Crippen molar-refractivity contribution in [2.24, 2.45) is 0 Å². The zero-order valence-electron chi connectivity index (χ0n) is 16.5. The number of aryl methyl sites for hydroxylation is 1. The summed E-state index contributed by atoms with van der Waals surface area (Å²) in [5.74, 6) is -0.711. The minimum Gasteiger partial charge on any atom is -0.467 e. The van der Waals surface area contributed by atoms with E-state index in [4.69, 9.17) is 16.0 Å². The van der Waals surface area contributed by atoms with E-state index in [9.17, 15) is 9.59 Å². The van der Waals surface area contributed by atoms with Crippen molar-refractivity contribution in [1.82, 2.24) is 5.32 Å². The van der Waals surface area contributed by atoms with Crippen molar-refractivity contribution < 1.29 is 14.0 Å². The maximum absolute atomic E-state index is 12.5. The molecule has 0 saturated heterocycles. The Morgan fingerprint density at radius 1 is 1.13 bits per heavy atom. The molecule has 2 heterocycles. The second kappa shape index (κ2) is 8.63. The minimum atomic E-state index is -0.736. The van der Waals surface area contributed by atoms with Gasteiger partial charge in [-0.25, -0.2) is 0 Å². The Kier molecular flexibility index (Phi) is 5.77. The van der Waals surface area contributed by atoms with Gasteiger partial charge in [0, 0.05) is 29.5 Å². The average Bonchev–Trinajstić information content (AvgIpc) is 3.41. The molecule has 3 aromatic rings. The zero-order valence-corrected chi connectivity index (χ0v) is 17.3. The first-order valence-corrected chi connectivity index (χ1v) is 10.1. The van der Waals surface area contributed by atoms with Gasteiger partial charge in [0.2, 0.25) is 0 Å². The molecule has 4 rings (SSSR count). The summed E-state index contributed by atoms with van der Waals surface area (Å²) in [7, 11) is 0. The number of carbonyl (C=O) groups is 2. The van der Waals surface area contributed by atoms with Crippen molar-refractivity contribution in [2.45, 2.75) is 19.4 Å². The third-order valence-corrected chi connectivity index (χ3v) is 5.52. The molecule has 7 heteroatoms. The molecule has 1 aliphatic heterocycles. The first kappa shape index (κ1) is 20.0. The molecular formula is C23H22ClN3O3. The Labute approximate surface area is 179 Å². The lowest BCUT2D eigenvalue weighted by Gasteiger charge is -2.29. The number of anilines is 2. The van der Waals surface area contributed by atoms with E-state index in [0.717, 1.165) is 30.0 Å². The number of nitrogens with zero attached hydrogens (tertiary/aromatic N) is 1. The number of halogens is 1. The van der Waals surface area contributed by atoms with Crippen molar-refractivity contribution in [3.05, 3.63) is 82.8 Å². The lowest BCUT2D eigenvalue weighted by molar-refractivity contribution is -0.136. The number of amides is 2. The van der Waals surface area contributed by atoms with E-state index >= 15 is 0 Å². The Balaban J connectivity index is 1.46.